The van der Waals surface area contributed by atoms with E-state index in [0.29, 0.717) is 0 Å². The molecule has 0 amide bonds. The second-order valence-electron chi connectivity index (χ2n) is 6.72. The molecule has 0 radical (unpaired) electrons. The Bertz CT molecular complexity index is 1260. The fourth-order valence-electron chi connectivity index (χ4n) is 3.45. The number of hydrogen-bond acceptors (Lipinski definition) is 3. The molecule has 0 bridgehead atoms. The molecule has 3 aromatic carbocycles. The molecule has 0 saturated heterocycles. The lowest BCUT2D eigenvalue weighted by atomic mass is 10.1. The number of fused-ring (bicyclic) bond motifs is 3. The Morgan fingerprint density at radius 1 is 0.778 bits per heavy atom. The van der Waals surface area contributed by atoms with Crippen LogP contribution in [0.2, 0.25) is 0 Å². The topological polar surface area (TPSA) is 24.9 Å². The van der Waals surface area contributed by atoms with Crippen molar-refractivity contribution in [2.75, 3.05) is 5.32 Å². The Balaban J connectivity index is 1.61. The van der Waals surface area contributed by atoms with Crippen LogP contribution in [0.15, 0.2) is 84.2 Å². The van der Waals surface area contributed by atoms with Gasteiger partial charge in [0.2, 0.25) is 0 Å². The van der Waals surface area contributed by atoms with Crippen molar-refractivity contribution in [2.24, 2.45) is 0 Å². The van der Waals surface area contributed by atoms with Crippen molar-refractivity contribution in [2.45, 2.75) is 6.92 Å². The van der Waals surface area contributed by atoms with Crippen LogP contribution in [0.3, 0.4) is 0 Å². The molecule has 0 atom stereocenters. The van der Waals surface area contributed by atoms with E-state index in [1.54, 1.807) is 11.3 Å². The van der Waals surface area contributed by atoms with Crippen LogP contribution in [0, 0.1) is 6.92 Å². The third-order valence-electron chi connectivity index (χ3n) is 4.78. The number of pyridine rings is 1. The van der Waals surface area contributed by atoms with E-state index in [0.717, 1.165) is 17.0 Å². The number of nitrogens with zero attached hydrogens (tertiary/aromatic N) is 1. The van der Waals surface area contributed by atoms with E-state index in [4.69, 9.17) is 4.98 Å². The molecular formula is C24H18N2S. The Hall–Kier alpha value is -3.17. The predicted octanol–water partition coefficient (Wildman–Crippen LogP) is 7.17. The molecule has 27 heavy (non-hydrogen) atoms. The van der Waals surface area contributed by atoms with Crippen molar-refractivity contribution in [3.63, 3.8) is 0 Å². The SMILES string of the molecule is Cc1ccc2c(c1)nc(Nc1cccc(-c3ccccc3)c1)c1ccsc12. The maximum atomic E-state index is 4.93. The summed E-state index contributed by atoms with van der Waals surface area (Å²) in [5, 5.41) is 8.07. The normalized spacial score (nSPS) is 11.1. The second-order valence-corrected chi connectivity index (χ2v) is 7.63. The molecule has 1 N–H and O–H groups in total. The first-order valence-corrected chi connectivity index (χ1v) is 9.86. The summed E-state index contributed by atoms with van der Waals surface area (Å²) in [7, 11) is 0. The highest BCUT2D eigenvalue weighted by Crippen LogP contribution is 2.35. The Morgan fingerprint density at radius 3 is 2.52 bits per heavy atom. The number of rotatable bonds is 3. The Labute approximate surface area is 162 Å². The average Bonchev–Trinajstić information content (AvgIpc) is 3.19. The molecule has 130 valence electrons. The quantitative estimate of drug-likeness (QED) is 0.366. The highest BCUT2D eigenvalue weighted by atomic mass is 32.1. The fraction of sp³-hybridized carbons (Fsp3) is 0.0417. The lowest BCUT2D eigenvalue weighted by molar-refractivity contribution is 1.38. The minimum absolute atomic E-state index is 0.912. The molecule has 5 rings (SSSR count). The molecule has 0 unspecified atom stereocenters. The predicted molar refractivity (Wildman–Crippen MR) is 117 cm³/mol. The maximum absolute atomic E-state index is 4.93. The fourth-order valence-corrected chi connectivity index (χ4v) is 4.38. The summed E-state index contributed by atoms with van der Waals surface area (Å²) in [6, 6.07) is 27.6. The van der Waals surface area contributed by atoms with Crippen LogP contribution in [-0.4, -0.2) is 4.98 Å². The summed E-state index contributed by atoms with van der Waals surface area (Å²) < 4.78 is 1.28. The molecule has 2 aromatic heterocycles. The first kappa shape index (κ1) is 16.0. The van der Waals surface area contributed by atoms with Crippen LogP contribution >= 0.6 is 11.3 Å². The van der Waals surface area contributed by atoms with Gasteiger partial charge >= 0.3 is 0 Å². The van der Waals surface area contributed by atoms with Crippen LogP contribution in [0.5, 0.6) is 0 Å². The van der Waals surface area contributed by atoms with Gasteiger partial charge in [-0.15, -0.1) is 11.3 Å². The van der Waals surface area contributed by atoms with Gasteiger partial charge in [-0.1, -0.05) is 54.6 Å². The largest absolute Gasteiger partial charge is 0.340 e. The summed E-state index contributed by atoms with van der Waals surface area (Å²) in [5.41, 5.74) is 5.71. The number of anilines is 2. The summed E-state index contributed by atoms with van der Waals surface area (Å²) in [5.74, 6) is 0.912. The monoisotopic (exact) mass is 366 g/mol. The second kappa shape index (κ2) is 6.53. The van der Waals surface area contributed by atoms with E-state index in [9.17, 15) is 0 Å². The van der Waals surface area contributed by atoms with Crippen molar-refractivity contribution in [1.82, 2.24) is 4.98 Å². The molecule has 0 fully saturated rings. The number of hydrogen-bond donors (Lipinski definition) is 1. The molecule has 2 heterocycles. The van der Waals surface area contributed by atoms with Crippen molar-refractivity contribution < 1.29 is 0 Å². The summed E-state index contributed by atoms with van der Waals surface area (Å²) in [6.07, 6.45) is 0. The molecule has 2 nitrogen and oxygen atoms in total. The Morgan fingerprint density at radius 2 is 1.63 bits per heavy atom. The van der Waals surface area contributed by atoms with Gasteiger partial charge in [0, 0.05) is 21.2 Å². The van der Waals surface area contributed by atoms with Gasteiger partial charge in [0.05, 0.1) is 5.52 Å². The minimum Gasteiger partial charge on any atom is -0.340 e. The molecule has 3 heteroatoms. The third kappa shape index (κ3) is 2.96. The van der Waals surface area contributed by atoms with E-state index in [2.05, 4.69) is 90.4 Å². The van der Waals surface area contributed by atoms with Gasteiger partial charge in [-0.25, -0.2) is 4.98 Å². The number of nitrogens with one attached hydrogen (secondary N) is 1. The first-order valence-electron chi connectivity index (χ1n) is 8.98. The van der Waals surface area contributed by atoms with Gasteiger partial charge in [-0.2, -0.15) is 0 Å². The third-order valence-corrected chi connectivity index (χ3v) is 5.73. The van der Waals surface area contributed by atoms with Gasteiger partial charge in [0.15, 0.2) is 0 Å². The number of benzene rings is 3. The van der Waals surface area contributed by atoms with Gasteiger partial charge in [0.25, 0.3) is 0 Å². The van der Waals surface area contributed by atoms with Gasteiger partial charge in [-0.3, -0.25) is 0 Å². The lowest BCUT2D eigenvalue weighted by Gasteiger charge is -2.11. The average molecular weight is 366 g/mol. The highest BCUT2D eigenvalue weighted by molar-refractivity contribution is 7.18. The summed E-state index contributed by atoms with van der Waals surface area (Å²) >= 11 is 1.77. The standard InChI is InChI=1S/C24H18N2S/c1-16-10-11-20-22(14-16)26-24(21-12-13-27-23(20)21)25-19-9-5-8-18(15-19)17-6-3-2-4-7-17/h2-15H,1H3,(H,25,26). The van der Waals surface area contributed by atoms with Gasteiger partial charge in [-0.05, 0) is 53.3 Å². The van der Waals surface area contributed by atoms with E-state index in [-0.39, 0.29) is 0 Å². The number of aryl methyl sites for hydroxylation is 1. The molecule has 5 aromatic rings. The van der Waals surface area contributed by atoms with Crippen LogP contribution < -0.4 is 5.32 Å². The van der Waals surface area contributed by atoms with Gasteiger partial charge < -0.3 is 5.32 Å². The summed E-state index contributed by atoms with van der Waals surface area (Å²) in [4.78, 5) is 4.93. The minimum atomic E-state index is 0.912. The van der Waals surface area contributed by atoms with Crippen molar-refractivity contribution >= 4 is 43.8 Å². The van der Waals surface area contributed by atoms with E-state index < -0.39 is 0 Å². The lowest BCUT2D eigenvalue weighted by Crippen LogP contribution is -1.95. The molecule has 0 aliphatic rings. The summed E-state index contributed by atoms with van der Waals surface area (Å²) in [6.45, 7) is 2.11. The molecular weight excluding hydrogens is 348 g/mol. The highest BCUT2D eigenvalue weighted by Gasteiger charge is 2.10. The zero-order chi connectivity index (χ0) is 18.2. The first-order chi connectivity index (χ1) is 13.3. The van der Waals surface area contributed by atoms with Crippen molar-refractivity contribution in [3.05, 3.63) is 89.8 Å². The molecule has 0 aliphatic carbocycles. The van der Waals surface area contributed by atoms with Crippen molar-refractivity contribution in [3.8, 4) is 11.1 Å². The van der Waals surface area contributed by atoms with Gasteiger partial charge in [0.1, 0.15) is 5.82 Å². The Kier molecular flexibility index (Phi) is 3.88. The van der Waals surface area contributed by atoms with Crippen LogP contribution in [0.1, 0.15) is 5.56 Å². The number of aromatic nitrogens is 1. The molecule has 0 spiro atoms. The van der Waals surface area contributed by atoms with E-state index in [1.165, 1.54) is 32.2 Å². The smallest absolute Gasteiger partial charge is 0.139 e. The molecule has 0 saturated carbocycles. The van der Waals surface area contributed by atoms with E-state index in [1.807, 2.05) is 6.07 Å². The zero-order valence-electron chi connectivity index (χ0n) is 14.9. The maximum Gasteiger partial charge on any atom is 0.139 e. The van der Waals surface area contributed by atoms with Crippen LogP contribution in [0.25, 0.3) is 32.1 Å². The van der Waals surface area contributed by atoms with Crippen molar-refractivity contribution in [1.29, 1.82) is 0 Å². The van der Waals surface area contributed by atoms with E-state index >= 15 is 0 Å². The number of thiophene rings is 1. The van der Waals surface area contributed by atoms with Crippen LogP contribution in [0.4, 0.5) is 11.5 Å². The molecule has 0 aliphatic heterocycles. The zero-order valence-corrected chi connectivity index (χ0v) is 15.8. The van der Waals surface area contributed by atoms with Crippen LogP contribution in [-0.2, 0) is 0 Å².